The van der Waals surface area contributed by atoms with E-state index in [1.807, 2.05) is 36.4 Å². The number of nitrogens with two attached hydrogens (primary N) is 1. The lowest BCUT2D eigenvalue weighted by atomic mass is 10.1. The number of thiophene rings is 1. The van der Waals surface area contributed by atoms with Gasteiger partial charge in [-0.1, -0.05) is 18.2 Å². The highest BCUT2D eigenvalue weighted by Gasteiger charge is 2.08. The molecule has 0 aliphatic carbocycles. The van der Waals surface area contributed by atoms with Crippen LogP contribution in [0.15, 0.2) is 47.3 Å². The molecule has 4 heteroatoms. The average molecular weight is 270 g/mol. The number of fused-ring (bicyclic) bond motifs is 1. The second-order valence-electron chi connectivity index (χ2n) is 4.56. The second-order valence-corrected chi connectivity index (χ2v) is 5.93. The number of nitrogen functional groups attached to an aromatic ring is 1. The van der Waals surface area contributed by atoms with E-state index in [0.29, 0.717) is 17.7 Å². The molecule has 19 heavy (non-hydrogen) atoms. The summed E-state index contributed by atoms with van der Waals surface area (Å²) in [6, 6.07) is 13.5. The molecular weight excluding hydrogens is 256 g/mol. The third kappa shape index (κ3) is 2.15. The molecule has 0 radical (unpaired) electrons. The highest BCUT2D eigenvalue weighted by atomic mass is 32.1. The third-order valence-electron chi connectivity index (χ3n) is 3.16. The lowest BCUT2D eigenvalue weighted by Crippen LogP contribution is -2.23. The minimum Gasteiger partial charge on any atom is -0.385 e. The molecule has 0 saturated carbocycles. The Hall–Kier alpha value is -2.07. The van der Waals surface area contributed by atoms with Gasteiger partial charge in [-0.15, -0.1) is 11.3 Å². The number of rotatable bonds is 2. The molecule has 0 atom stereocenters. The van der Waals surface area contributed by atoms with Gasteiger partial charge in [-0.2, -0.15) is 0 Å². The van der Waals surface area contributed by atoms with Crippen molar-refractivity contribution in [3.63, 3.8) is 0 Å². The van der Waals surface area contributed by atoms with Crippen molar-refractivity contribution >= 4 is 27.9 Å². The van der Waals surface area contributed by atoms with Crippen molar-refractivity contribution < 1.29 is 0 Å². The monoisotopic (exact) mass is 270 g/mol. The van der Waals surface area contributed by atoms with Crippen LogP contribution >= 0.6 is 11.3 Å². The van der Waals surface area contributed by atoms with Crippen molar-refractivity contribution in [1.29, 1.82) is 0 Å². The summed E-state index contributed by atoms with van der Waals surface area (Å²) in [6.45, 7) is 2.59. The molecule has 0 aliphatic heterocycles. The Kier molecular flexibility index (Phi) is 2.87. The summed E-state index contributed by atoms with van der Waals surface area (Å²) in [4.78, 5) is 14.8. The van der Waals surface area contributed by atoms with E-state index in [1.165, 1.54) is 4.88 Å². The van der Waals surface area contributed by atoms with E-state index in [0.717, 1.165) is 10.3 Å². The molecule has 0 aliphatic rings. The molecule has 3 nitrogen and oxygen atoms in total. The SMILES string of the molecule is Cc1ccc(Cn2c(N)cc3ccccc3c2=O)s1. The van der Waals surface area contributed by atoms with Crippen LogP contribution in [0, 0.1) is 6.92 Å². The molecule has 0 amide bonds. The Morgan fingerprint density at radius 1 is 1.21 bits per heavy atom. The Morgan fingerprint density at radius 3 is 2.74 bits per heavy atom. The summed E-state index contributed by atoms with van der Waals surface area (Å²) >= 11 is 1.69. The Balaban J connectivity index is 2.15. The maximum Gasteiger partial charge on any atom is 0.260 e. The van der Waals surface area contributed by atoms with Gasteiger partial charge in [0.25, 0.3) is 5.56 Å². The number of hydrogen-bond donors (Lipinski definition) is 1. The molecule has 0 unspecified atom stereocenters. The van der Waals surface area contributed by atoms with Gasteiger partial charge in [0.2, 0.25) is 0 Å². The van der Waals surface area contributed by atoms with Gasteiger partial charge in [0.05, 0.1) is 6.54 Å². The van der Waals surface area contributed by atoms with Gasteiger partial charge in [0.15, 0.2) is 0 Å². The van der Waals surface area contributed by atoms with Crippen LogP contribution in [-0.2, 0) is 6.54 Å². The molecule has 2 N–H and O–H groups in total. The van der Waals surface area contributed by atoms with E-state index in [-0.39, 0.29) is 5.56 Å². The van der Waals surface area contributed by atoms with Crippen LogP contribution < -0.4 is 11.3 Å². The van der Waals surface area contributed by atoms with Gasteiger partial charge in [0, 0.05) is 15.1 Å². The first-order chi connectivity index (χ1) is 9.15. The van der Waals surface area contributed by atoms with Gasteiger partial charge in [-0.25, -0.2) is 0 Å². The van der Waals surface area contributed by atoms with Gasteiger partial charge in [-0.05, 0) is 36.6 Å². The van der Waals surface area contributed by atoms with E-state index in [1.54, 1.807) is 15.9 Å². The van der Waals surface area contributed by atoms with Crippen LogP contribution in [0.2, 0.25) is 0 Å². The summed E-state index contributed by atoms with van der Waals surface area (Å²) in [5.74, 6) is 0.509. The zero-order chi connectivity index (χ0) is 13.4. The normalized spacial score (nSPS) is 11.0. The zero-order valence-corrected chi connectivity index (χ0v) is 11.4. The number of aromatic nitrogens is 1. The third-order valence-corrected chi connectivity index (χ3v) is 4.15. The predicted molar refractivity (Wildman–Crippen MR) is 80.8 cm³/mol. The fourth-order valence-electron chi connectivity index (χ4n) is 2.21. The maximum absolute atomic E-state index is 12.4. The smallest absolute Gasteiger partial charge is 0.260 e. The fraction of sp³-hybridized carbons (Fsp3) is 0.133. The van der Waals surface area contributed by atoms with Gasteiger partial charge in [0.1, 0.15) is 5.82 Å². The molecule has 3 rings (SSSR count). The van der Waals surface area contributed by atoms with Crippen molar-refractivity contribution in [1.82, 2.24) is 4.57 Å². The molecule has 0 saturated heterocycles. The Labute approximate surface area is 114 Å². The van der Waals surface area contributed by atoms with Crippen LogP contribution in [0.4, 0.5) is 5.82 Å². The molecule has 2 aromatic heterocycles. The summed E-state index contributed by atoms with van der Waals surface area (Å²) in [5.41, 5.74) is 5.98. The van der Waals surface area contributed by atoms with Crippen molar-refractivity contribution in [3.8, 4) is 0 Å². The van der Waals surface area contributed by atoms with Gasteiger partial charge < -0.3 is 5.73 Å². The van der Waals surface area contributed by atoms with E-state index < -0.39 is 0 Å². The van der Waals surface area contributed by atoms with E-state index in [9.17, 15) is 4.79 Å². The van der Waals surface area contributed by atoms with Crippen LogP contribution in [0.1, 0.15) is 9.75 Å². The topological polar surface area (TPSA) is 48.0 Å². The summed E-state index contributed by atoms with van der Waals surface area (Å²) in [7, 11) is 0. The highest BCUT2D eigenvalue weighted by Crippen LogP contribution is 2.19. The van der Waals surface area contributed by atoms with E-state index in [4.69, 9.17) is 5.73 Å². The van der Waals surface area contributed by atoms with Crippen LogP contribution in [0.5, 0.6) is 0 Å². The Morgan fingerprint density at radius 2 is 2.00 bits per heavy atom. The lowest BCUT2D eigenvalue weighted by Gasteiger charge is -2.10. The first-order valence-corrected chi connectivity index (χ1v) is 6.90. The zero-order valence-electron chi connectivity index (χ0n) is 10.6. The van der Waals surface area contributed by atoms with E-state index >= 15 is 0 Å². The van der Waals surface area contributed by atoms with E-state index in [2.05, 4.69) is 13.0 Å². The number of anilines is 1. The van der Waals surface area contributed by atoms with Crippen molar-refractivity contribution in [2.75, 3.05) is 5.73 Å². The Bertz CT molecular complexity index is 801. The molecule has 3 aromatic rings. The number of pyridine rings is 1. The van der Waals surface area contributed by atoms with Gasteiger partial charge in [-0.3, -0.25) is 9.36 Å². The first-order valence-electron chi connectivity index (χ1n) is 6.08. The largest absolute Gasteiger partial charge is 0.385 e. The minimum absolute atomic E-state index is 0.0262. The molecule has 1 aromatic carbocycles. The molecule has 0 spiro atoms. The summed E-state index contributed by atoms with van der Waals surface area (Å²) in [5, 5.41) is 1.61. The van der Waals surface area contributed by atoms with Crippen LogP contribution in [-0.4, -0.2) is 4.57 Å². The van der Waals surface area contributed by atoms with Crippen LogP contribution in [0.3, 0.4) is 0 Å². The average Bonchev–Trinajstić information content (AvgIpc) is 2.80. The highest BCUT2D eigenvalue weighted by molar-refractivity contribution is 7.11. The number of aryl methyl sites for hydroxylation is 1. The van der Waals surface area contributed by atoms with Crippen molar-refractivity contribution in [2.24, 2.45) is 0 Å². The first kappa shape index (κ1) is 12.0. The van der Waals surface area contributed by atoms with Crippen LogP contribution in [0.25, 0.3) is 10.8 Å². The fourth-order valence-corrected chi connectivity index (χ4v) is 3.09. The lowest BCUT2D eigenvalue weighted by molar-refractivity contribution is 0.792. The second kappa shape index (κ2) is 4.55. The molecular formula is C15H14N2OS. The maximum atomic E-state index is 12.4. The summed E-state index contributed by atoms with van der Waals surface area (Å²) < 4.78 is 1.63. The van der Waals surface area contributed by atoms with Crippen molar-refractivity contribution in [3.05, 3.63) is 62.6 Å². The minimum atomic E-state index is -0.0262. The standard InChI is InChI=1S/C15H14N2OS/c1-10-6-7-12(19-10)9-17-14(16)8-11-4-2-3-5-13(11)15(17)18/h2-8H,9,16H2,1H3. The molecule has 96 valence electrons. The number of hydrogen-bond acceptors (Lipinski definition) is 3. The molecule has 0 bridgehead atoms. The number of benzene rings is 1. The van der Waals surface area contributed by atoms with Gasteiger partial charge >= 0.3 is 0 Å². The quantitative estimate of drug-likeness (QED) is 0.778. The molecule has 2 heterocycles. The number of nitrogens with zero attached hydrogens (tertiary/aromatic N) is 1. The summed E-state index contributed by atoms with van der Waals surface area (Å²) in [6.07, 6.45) is 0. The van der Waals surface area contributed by atoms with Crippen molar-refractivity contribution in [2.45, 2.75) is 13.5 Å². The molecule has 0 fully saturated rings. The predicted octanol–water partition coefficient (Wildman–Crippen LogP) is 3.00.